The van der Waals surface area contributed by atoms with Crippen LogP contribution in [0.4, 0.5) is 0 Å². The van der Waals surface area contributed by atoms with Gasteiger partial charge in [-0.3, -0.25) is 38.4 Å². The van der Waals surface area contributed by atoms with E-state index in [0.717, 1.165) is 51.4 Å². The number of unbranched alkanes of at least 4 members (excludes halogenated alkanes) is 4. The van der Waals surface area contributed by atoms with E-state index in [2.05, 4.69) is 27.7 Å². The molecule has 49 heavy (non-hydrogen) atoms. The fourth-order valence-corrected chi connectivity index (χ4v) is 3.82. The van der Waals surface area contributed by atoms with Crippen molar-refractivity contribution in [2.45, 2.75) is 217 Å². The topological polar surface area (TPSA) is 137 Å². The number of carbonyl (C=O) groups excluding carboxylic acids is 8. The second-order valence-electron chi connectivity index (χ2n) is 12.1. The molecule has 8 heteroatoms. The molecule has 0 amide bonds. The average molecular weight is 697 g/mol. The Bertz CT molecular complexity index is 744. The maximum Gasteiger partial charge on any atom is 0.133 e. The molecule has 0 aliphatic heterocycles. The first kappa shape index (κ1) is 55.8. The number of rotatable bonds is 28. The normalized spacial score (nSPS) is 9.63. The minimum Gasteiger partial charge on any atom is -0.300 e. The Morgan fingerprint density at radius 2 is 0.388 bits per heavy atom. The molecule has 0 N–H and O–H groups in total. The largest absolute Gasteiger partial charge is 0.300 e. The molecule has 0 atom stereocenters. The highest BCUT2D eigenvalue weighted by Gasteiger charge is 2.07. The van der Waals surface area contributed by atoms with Crippen molar-refractivity contribution in [1.82, 2.24) is 0 Å². The van der Waals surface area contributed by atoms with E-state index in [1.165, 1.54) is 0 Å². The third-order valence-corrected chi connectivity index (χ3v) is 7.54. The van der Waals surface area contributed by atoms with Gasteiger partial charge in [0, 0.05) is 103 Å². The van der Waals surface area contributed by atoms with Crippen molar-refractivity contribution >= 4 is 46.3 Å². The van der Waals surface area contributed by atoms with Crippen molar-refractivity contribution in [2.24, 2.45) is 0 Å². The van der Waals surface area contributed by atoms with Crippen LogP contribution in [0.3, 0.4) is 0 Å². The van der Waals surface area contributed by atoms with Crippen LogP contribution in [0.5, 0.6) is 0 Å². The highest BCUT2D eigenvalue weighted by Crippen LogP contribution is 2.05. The summed E-state index contributed by atoms with van der Waals surface area (Å²) in [6, 6.07) is 0. The fourth-order valence-electron chi connectivity index (χ4n) is 3.82. The second-order valence-corrected chi connectivity index (χ2v) is 12.1. The lowest BCUT2D eigenvalue weighted by Gasteiger charge is -1.97. The molecule has 0 saturated heterocycles. The summed E-state index contributed by atoms with van der Waals surface area (Å²) in [6.45, 7) is 15.6. The number of ketones is 8. The SMILES string of the molecule is C.CCCCC(=O)CCC(=O)CC.CCCCC(=O)CCC(=O)CC.CCCCC(=O)CCC(=O)CC.CCCCC(=O)CCC(=O)CC. The van der Waals surface area contributed by atoms with Crippen molar-refractivity contribution in [3.63, 3.8) is 0 Å². The molecule has 0 aromatic rings. The first-order valence-electron chi connectivity index (χ1n) is 18.9. The van der Waals surface area contributed by atoms with Crippen molar-refractivity contribution in [2.75, 3.05) is 0 Å². The summed E-state index contributed by atoms with van der Waals surface area (Å²) in [7, 11) is 0. The minimum absolute atomic E-state index is 0. The van der Waals surface area contributed by atoms with Crippen LogP contribution >= 0.6 is 0 Å². The Balaban J connectivity index is -0.000000174. The van der Waals surface area contributed by atoms with Gasteiger partial charge in [-0.15, -0.1) is 0 Å². The molecule has 288 valence electrons. The predicted molar refractivity (Wildman–Crippen MR) is 203 cm³/mol. The Morgan fingerprint density at radius 3 is 0.510 bits per heavy atom. The summed E-state index contributed by atoms with van der Waals surface area (Å²) < 4.78 is 0. The van der Waals surface area contributed by atoms with Crippen LogP contribution in [0.15, 0.2) is 0 Å². The van der Waals surface area contributed by atoms with E-state index in [1.807, 2.05) is 27.7 Å². The van der Waals surface area contributed by atoms with E-state index in [9.17, 15) is 38.4 Å². The second kappa shape index (κ2) is 43.4. The van der Waals surface area contributed by atoms with Crippen LogP contribution in [0, 0.1) is 0 Å². The minimum atomic E-state index is 0. The summed E-state index contributed by atoms with van der Waals surface area (Å²) >= 11 is 0. The van der Waals surface area contributed by atoms with E-state index >= 15 is 0 Å². The lowest BCUT2D eigenvalue weighted by Crippen LogP contribution is -2.02. The summed E-state index contributed by atoms with van der Waals surface area (Å²) in [6.07, 6.45) is 16.4. The third-order valence-electron chi connectivity index (χ3n) is 7.54. The highest BCUT2D eigenvalue weighted by molar-refractivity contribution is 5.87. The van der Waals surface area contributed by atoms with Gasteiger partial charge >= 0.3 is 0 Å². The van der Waals surface area contributed by atoms with Gasteiger partial charge in [0.05, 0.1) is 0 Å². The zero-order chi connectivity index (χ0) is 37.6. The monoisotopic (exact) mass is 697 g/mol. The van der Waals surface area contributed by atoms with Crippen LogP contribution in [0.1, 0.15) is 217 Å². The molecule has 0 saturated carbocycles. The average Bonchev–Trinajstić information content (AvgIpc) is 3.10. The number of hydrogen-bond donors (Lipinski definition) is 0. The van der Waals surface area contributed by atoms with Crippen molar-refractivity contribution < 1.29 is 38.4 Å². The van der Waals surface area contributed by atoms with E-state index in [4.69, 9.17) is 0 Å². The molecule has 0 aliphatic rings. The lowest BCUT2D eigenvalue weighted by molar-refractivity contribution is -0.124. The van der Waals surface area contributed by atoms with Gasteiger partial charge < -0.3 is 0 Å². The van der Waals surface area contributed by atoms with Crippen molar-refractivity contribution in [1.29, 1.82) is 0 Å². The van der Waals surface area contributed by atoms with Gasteiger partial charge in [0.2, 0.25) is 0 Å². The summed E-state index contributed by atoms with van der Waals surface area (Å²) in [5.74, 6) is 1.72. The van der Waals surface area contributed by atoms with Gasteiger partial charge in [-0.25, -0.2) is 0 Å². The van der Waals surface area contributed by atoms with Crippen LogP contribution in [0.25, 0.3) is 0 Å². The highest BCUT2D eigenvalue weighted by atomic mass is 16.2. The van der Waals surface area contributed by atoms with Crippen LogP contribution in [-0.4, -0.2) is 46.3 Å². The molecule has 8 nitrogen and oxygen atoms in total. The Morgan fingerprint density at radius 1 is 0.245 bits per heavy atom. The van der Waals surface area contributed by atoms with E-state index in [0.29, 0.717) is 103 Å². The number of Topliss-reactive ketones (excluding diaryl/α,β-unsaturated/α-hetero) is 8. The van der Waals surface area contributed by atoms with Crippen molar-refractivity contribution in [3.8, 4) is 0 Å². The van der Waals surface area contributed by atoms with Crippen LogP contribution in [0.2, 0.25) is 0 Å². The molecule has 0 radical (unpaired) electrons. The molecule has 0 aromatic carbocycles. The molecular formula is C41H76O8. The molecule has 0 aliphatic carbocycles. The first-order valence-corrected chi connectivity index (χ1v) is 18.9. The molecule has 0 unspecified atom stereocenters. The quantitative estimate of drug-likeness (QED) is 0.0788. The zero-order valence-corrected chi connectivity index (χ0v) is 32.2. The van der Waals surface area contributed by atoms with Gasteiger partial charge in [0.25, 0.3) is 0 Å². The summed E-state index contributed by atoms with van der Waals surface area (Å²) in [5.41, 5.74) is 0. The van der Waals surface area contributed by atoms with E-state index in [-0.39, 0.29) is 53.7 Å². The third kappa shape index (κ3) is 49.9. The molecule has 0 aromatic heterocycles. The van der Waals surface area contributed by atoms with Gasteiger partial charge in [0.15, 0.2) is 0 Å². The fraction of sp³-hybridized carbons (Fsp3) is 0.805. The smallest absolute Gasteiger partial charge is 0.133 e. The zero-order valence-electron chi connectivity index (χ0n) is 32.2. The van der Waals surface area contributed by atoms with Gasteiger partial charge in [-0.05, 0) is 25.7 Å². The lowest BCUT2D eigenvalue weighted by atomic mass is 10.1. The maximum absolute atomic E-state index is 11.1. The summed E-state index contributed by atoms with van der Waals surface area (Å²) in [5, 5.41) is 0. The molecular weight excluding hydrogens is 620 g/mol. The van der Waals surface area contributed by atoms with Crippen LogP contribution in [-0.2, 0) is 38.4 Å². The van der Waals surface area contributed by atoms with Crippen molar-refractivity contribution in [3.05, 3.63) is 0 Å². The standard InChI is InChI=1S/4C10H18O2.CH4/c4*1-3-5-6-10(12)8-7-9(11)4-2;/h4*3-8H2,1-2H3;1H4. The van der Waals surface area contributed by atoms with E-state index in [1.54, 1.807) is 0 Å². The molecule has 0 rings (SSSR count). The van der Waals surface area contributed by atoms with Crippen LogP contribution < -0.4 is 0 Å². The summed E-state index contributed by atoms with van der Waals surface area (Å²) in [4.78, 5) is 87.6. The molecule has 0 heterocycles. The molecule has 0 fully saturated rings. The number of hydrogen-bond acceptors (Lipinski definition) is 8. The van der Waals surface area contributed by atoms with Gasteiger partial charge in [-0.2, -0.15) is 0 Å². The van der Waals surface area contributed by atoms with Gasteiger partial charge in [0.1, 0.15) is 46.3 Å². The molecule has 0 bridgehead atoms. The van der Waals surface area contributed by atoms with E-state index < -0.39 is 0 Å². The predicted octanol–water partition coefficient (Wildman–Crippen LogP) is 10.7. The number of carbonyl (C=O) groups is 8. The Kier molecular flexibility index (Phi) is 49.4. The Labute approximate surface area is 301 Å². The molecule has 0 spiro atoms. The Hall–Kier alpha value is -2.64. The maximum atomic E-state index is 11.1. The first-order chi connectivity index (χ1) is 22.8. The van der Waals surface area contributed by atoms with Gasteiger partial charge in [-0.1, -0.05) is 88.5 Å².